The maximum atomic E-state index is 11.7. The van der Waals surface area contributed by atoms with E-state index >= 15 is 0 Å². The summed E-state index contributed by atoms with van der Waals surface area (Å²) in [6.07, 6.45) is 0. The quantitative estimate of drug-likeness (QED) is 0.625. The van der Waals surface area contributed by atoms with Crippen LogP contribution in [0.15, 0.2) is 28.6 Å². The van der Waals surface area contributed by atoms with Crippen LogP contribution < -0.4 is 4.74 Å². The van der Waals surface area contributed by atoms with Crippen LogP contribution in [0.25, 0.3) is 0 Å². The predicted octanol–water partition coefficient (Wildman–Crippen LogP) is 2.09. The molecule has 0 aromatic heterocycles. The van der Waals surface area contributed by atoms with Crippen molar-refractivity contribution in [3.63, 3.8) is 0 Å². The SMILES string of the molecule is CC(C)(N=S(=O)=O)C(=O)Oc1ccccc1Cl. The lowest BCUT2D eigenvalue weighted by Gasteiger charge is -2.15. The molecule has 0 aliphatic heterocycles. The average molecular weight is 276 g/mol. The highest BCUT2D eigenvalue weighted by Gasteiger charge is 2.30. The lowest BCUT2D eigenvalue weighted by molar-refractivity contribution is -0.139. The number of benzene rings is 1. The summed E-state index contributed by atoms with van der Waals surface area (Å²) >= 11 is 5.79. The van der Waals surface area contributed by atoms with E-state index in [1.54, 1.807) is 18.2 Å². The summed E-state index contributed by atoms with van der Waals surface area (Å²) in [7, 11) is -2.68. The van der Waals surface area contributed by atoms with E-state index < -0.39 is 22.0 Å². The Kier molecular flexibility index (Phi) is 4.25. The van der Waals surface area contributed by atoms with Gasteiger partial charge in [-0.1, -0.05) is 23.7 Å². The number of rotatable bonds is 3. The minimum absolute atomic E-state index is 0.166. The van der Waals surface area contributed by atoms with Crippen LogP contribution in [0.5, 0.6) is 5.75 Å². The van der Waals surface area contributed by atoms with Crippen LogP contribution in [0.1, 0.15) is 13.8 Å². The van der Waals surface area contributed by atoms with Crippen molar-refractivity contribution >= 4 is 28.1 Å². The Morgan fingerprint density at radius 3 is 2.47 bits per heavy atom. The van der Waals surface area contributed by atoms with Gasteiger partial charge in [0.05, 0.1) is 5.02 Å². The fraction of sp³-hybridized carbons (Fsp3) is 0.300. The first-order chi connectivity index (χ1) is 7.83. The topological polar surface area (TPSA) is 72.8 Å². The second-order valence-corrected chi connectivity index (χ2v) is 4.71. The molecule has 92 valence electrons. The first-order valence-corrected chi connectivity index (χ1v) is 6.03. The average Bonchev–Trinajstić information content (AvgIpc) is 2.19. The van der Waals surface area contributed by atoms with Crippen LogP contribution in [-0.2, 0) is 15.3 Å². The van der Waals surface area contributed by atoms with E-state index in [4.69, 9.17) is 16.3 Å². The van der Waals surface area contributed by atoms with Crippen LogP contribution >= 0.6 is 11.6 Å². The molecule has 0 aliphatic rings. The number of hydrogen-bond acceptors (Lipinski definition) is 5. The second kappa shape index (κ2) is 5.29. The number of halogens is 1. The van der Waals surface area contributed by atoms with E-state index in [1.165, 1.54) is 19.9 Å². The van der Waals surface area contributed by atoms with Crippen molar-refractivity contribution in [3.8, 4) is 5.75 Å². The van der Waals surface area contributed by atoms with Crippen molar-refractivity contribution < 1.29 is 17.9 Å². The molecule has 0 unspecified atom stereocenters. The lowest BCUT2D eigenvalue weighted by Crippen LogP contribution is -2.33. The van der Waals surface area contributed by atoms with Gasteiger partial charge < -0.3 is 4.74 Å². The Labute approximate surface area is 105 Å². The number of carbonyl (C=O) groups is 1. The van der Waals surface area contributed by atoms with Gasteiger partial charge in [-0.15, -0.1) is 0 Å². The minimum atomic E-state index is -2.68. The van der Waals surface area contributed by atoms with Gasteiger partial charge in [0.25, 0.3) is 0 Å². The van der Waals surface area contributed by atoms with E-state index in [9.17, 15) is 13.2 Å². The molecule has 0 heterocycles. The molecule has 1 rings (SSSR count). The fourth-order valence-corrected chi connectivity index (χ4v) is 1.60. The van der Waals surface area contributed by atoms with Gasteiger partial charge in [0.1, 0.15) is 5.75 Å². The number of hydrogen-bond donors (Lipinski definition) is 0. The predicted molar refractivity (Wildman–Crippen MR) is 62.5 cm³/mol. The summed E-state index contributed by atoms with van der Waals surface area (Å²) in [4.78, 5) is 11.7. The van der Waals surface area contributed by atoms with Crippen LogP contribution in [0, 0.1) is 0 Å². The van der Waals surface area contributed by atoms with Gasteiger partial charge in [-0.05, 0) is 26.0 Å². The first-order valence-electron chi connectivity index (χ1n) is 4.62. The zero-order valence-corrected chi connectivity index (χ0v) is 10.7. The first kappa shape index (κ1) is 13.7. The van der Waals surface area contributed by atoms with E-state index in [2.05, 4.69) is 4.36 Å². The highest BCUT2D eigenvalue weighted by Crippen LogP contribution is 2.25. The van der Waals surface area contributed by atoms with Gasteiger partial charge in [0.2, 0.25) is 0 Å². The maximum Gasteiger partial charge on any atom is 0.340 e. The molecule has 7 heteroatoms. The number of ether oxygens (including phenoxy) is 1. The van der Waals surface area contributed by atoms with Crippen LogP contribution in [0.2, 0.25) is 5.02 Å². The molecule has 0 bridgehead atoms. The molecule has 5 nitrogen and oxygen atoms in total. The molecule has 17 heavy (non-hydrogen) atoms. The normalized spacial score (nSPS) is 10.8. The molecule has 0 atom stereocenters. The molecular weight excluding hydrogens is 266 g/mol. The molecule has 0 radical (unpaired) electrons. The number of para-hydroxylation sites is 1. The third kappa shape index (κ3) is 3.83. The Hall–Kier alpha value is -1.40. The monoisotopic (exact) mass is 275 g/mol. The molecule has 1 aromatic carbocycles. The van der Waals surface area contributed by atoms with Gasteiger partial charge in [0.15, 0.2) is 5.54 Å². The molecule has 0 aliphatic carbocycles. The molecule has 0 saturated carbocycles. The third-order valence-electron chi connectivity index (χ3n) is 1.84. The molecular formula is C10H10ClNO4S. The van der Waals surface area contributed by atoms with Crippen LogP contribution in [0.3, 0.4) is 0 Å². The molecule has 1 aromatic rings. The summed E-state index contributed by atoms with van der Waals surface area (Å²) in [6.45, 7) is 2.67. The smallest absolute Gasteiger partial charge is 0.340 e. The fourth-order valence-electron chi connectivity index (χ4n) is 0.976. The summed E-state index contributed by atoms with van der Waals surface area (Å²) in [5.74, 6) is -0.631. The Morgan fingerprint density at radius 2 is 1.94 bits per heavy atom. The van der Waals surface area contributed by atoms with Crippen molar-refractivity contribution in [1.29, 1.82) is 0 Å². The van der Waals surface area contributed by atoms with Gasteiger partial charge in [-0.3, -0.25) is 0 Å². The largest absolute Gasteiger partial charge is 0.423 e. The van der Waals surface area contributed by atoms with E-state index in [0.29, 0.717) is 0 Å². The lowest BCUT2D eigenvalue weighted by atomic mass is 10.1. The Bertz CT molecular complexity index is 557. The van der Waals surface area contributed by atoms with Gasteiger partial charge in [-0.2, -0.15) is 12.8 Å². The Morgan fingerprint density at radius 1 is 1.35 bits per heavy atom. The highest BCUT2D eigenvalue weighted by atomic mass is 35.5. The van der Waals surface area contributed by atoms with Gasteiger partial charge >= 0.3 is 16.5 Å². The molecule has 0 fully saturated rings. The number of carbonyl (C=O) groups excluding carboxylic acids is 1. The second-order valence-electron chi connectivity index (χ2n) is 3.69. The third-order valence-corrected chi connectivity index (χ3v) is 2.76. The Balaban J connectivity index is 2.94. The van der Waals surface area contributed by atoms with Crippen molar-refractivity contribution in [2.75, 3.05) is 0 Å². The van der Waals surface area contributed by atoms with Crippen LogP contribution in [-0.4, -0.2) is 19.9 Å². The standard InChI is InChI=1S/C10H10ClNO4S/c1-10(2,12-17(14)15)9(13)16-8-6-4-3-5-7(8)11/h3-6H,1-2H3. The van der Waals surface area contributed by atoms with Gasteiger partial charge in [0, 0.05) is 0 Å². The maximum absolute atomic E-state index is 11.7. The zero-order chi connectivity index (χ0) is 13.1. The minimum Gasteiger partial charge on any atom is -0.423 e. The van der Waals surface area contributed by atoms with E-state index in [-0.39, 0.29) is 10.8 Å². The van der Waals surface area contributed by atoms with Crippen molar-refractivity contribution in [2.45, 2.75) is 19.4 Å². The van der Waals surface area contributed by atoms with Crippen molar-refractivity contribution in [2.24, 2.45) is 4.36 Å². The van der Waals surface area contributed by atoms with Crippen molar-refractivity contribution in [1.82, 2.24) is 0 Å². The summed E-state index contributed by atoms with van der Waals surface area (Å²) in [5, 5.41) is 0.264. The summed E-state index contributed by atoms with van der Waals surface area (Å²) < 4.78 is 29.1. The molecule has 0 spiro atoms. The number of nitrogens with zero attached hydrogens (tertiary/aromatic N) is 1. The van der Waals surface area contributed by atoms with E-state index in [0.717, 1.165) is 0 Å². The van der Waals surface area contributed by atoms with E-state index in [1.807, 2.05) is 0 Å². The van der Waals surface area contributed by atoms with Crippen molar-refractivity contribution in [3.05, 3.63) is 29.3 Å². The number of esters is 1. The molecule has 0 saturated heterocycles. The highest BCUT2D eigenvalue weighted by molar-refractivity contribution is 7.61. The molecule has 0 amide bonds. The molecule has 0 N–H and O–H groups in total. The van der Waals surface area contributed by atoms with Gasteiger partial charge in [-0.25, -0.2) is 4.79 Å². The van der Waals surface area contributed by atoms with Crippen LogP contribution in [0.4, 0.5) is 0 Å². The summed E-state index contributed by atoms with van der Waals surface area (Å²) in [5.41, 5.74) is -1.48. The summed E-state index contributed by atoms with van der Waals surface area (Å²) in [6, 6.07) is 6.39. The zero-order valence-electron chi connectivity index (χ0n) is 9.18.